The average molecular weight is 460 g/mol. The minimum Gasteiger partial charge on any atom is -0.496 e. The van der Waals surface area contributed by atoms with E-state index >= 15 is 0 Å². The standard InChI is InChI=1S/C23H29N3O5S/c1-17-4-10-22(31-3)20(16-17)21(27)9-11-23(28)24-18-5-7-19(8-6-18)32(29,30)26-14-12-25(2)13-15-26/h4-8,10,16H,9,11-15H2,1-3H3,(H,24,28). The number of rotatable bonds is 8. The number of sulfonamides is 1. The number of ether oxygens (including phenoxy) is 1. The minimum atomic E-state index is -3.56. The van der Waals surface area contributed by atoms with Gasteiger partial charge in [-0.1, -0.05) is 11.6 Å². The molecule has 0 saturated carbocycles. The SMILES string of the molecule is COc1ccc(C)cc1C(=O)CCC(=O)Nc1ccc(S(=O)(=O)N2CCN(C)CC2)cc1. The van der Waals surface area contributed by atoms with E-state index in [-0.39, 0.29) is 29.4 Å². The normalized spacial score (nSPS) is 15.3. The van der Waals surface area contributed by atoms with Crippen LogP contribution in [0.3, 0.4) is 0 Å². The fourth-order valence-electron chi connectivity index (χ4n) is 3.51. The zero-order valence-corrected chi connectivity index (χ0v) is 19.4. The molecule has 1 heterocycles. The second-order valence-electron chi connectivity index (χ2n) is 7.91. The number of nitrogens with one attached hydrogen (secondary N) is 1. The number of likely N-dealkylation sites (N-methyl/N-ethyl adjacent to an activating group) is 1. The van der Waals surface area contributed by atoms with Gasteiger partial charge in [0.2, 0.25) is 15.9 Å². The average Bonchev–Trinajstić information content (AvgIpc) is 2.78. The molecule has 9 heteroatoms. The van der Waals surface area contributed by atoms with Gasteiger partial charge >= 0.3 is 0 Å². The Morgan fingerprint density at radius 2 is 1.66 bits per heavy atom. The van der Waals surface area contributed by atoms with Crippen LogP contribution in [0.25, 0.3) is 0 Å². The van der Waals surface area contributed by atoms with Crippen LogP contribution in [0, 0.1) is 6.92 Å². The third-order valence-electron chi connectivity index (χ3n) is 5.47. The van der Waals surface area contributed by atoms with Gasteiger partial charge in [-0.2, -0.15) is 4.31 Å². The summed E-state index contributed by atoms with van der Waals surface area (Å²) in [5, 5.41) is 2.72. The summed E-state index contributed by atoms with van der Waals surface area (Å²) in [6, 6.07) is 11.4. The lowest BCUT2D eigenvalue weighted by Crippen LogP contribution is -2.46. The van der Waals surface area contributed by atoms with Crippen molar-refractivity contribution in [3.05, 3.63) is 53.6 Å². The van der Waals surface area contributed by atoms with Crippen LogP contribution in [0.1, 0.15) is 28.8 Å². The number of hydrogen-bond donors (Lipinski definition) is 1. The van der Waals surface area contributed by atoms with E-state index in [1.54, 1.807) is 24.3 Å². The lowest BCUT2D eigenvalue weighted by molar-refractivity contribution is -0.116. The van der Waals surface area contributed by atoms with E-state index in [0.717, 1.165) is 5.56 Å². The quantitative estimate of drug-likeness (QED) is 0.610. The lowest BCUT2D eigenvalue weighted by atomic mass is 10.0. The molecule has 1 aliphatic rings. The molecular formula is C23H29N3O5S. The van der Waals surface area contributed by atoms with Gasteiger partial charge in [-0.3, -0.25) is 9.59 Å². The molecular weight excluding hydrogens is 430 g/mol. The summed E-state index contributed by atoms with van der Waals surface area (Å²) in [6.07, 6.45) is 0.0544. The first-order valence-corrected chi connectivity index (χ1v) is 11.9. The molecule has 0 unspecified atom stereocenters. The maximum absolute atomic E-state index is 12.8. The Labute approximate surface area is 189 Å². The predicted molar refractivity (Wildman–Crippen MR) is 123 cm³/mol. The summed E-state index contributed by atoms with van der Waals surface area (Å²) in [4.78, 5) is 27.1. The van der Waals surface area contributed by atoms with Crippen LogP contribution in [-0.4, -0.2) is 69.6 Å². The summed E-state index contributed by atoms with van der Waals surface area (Å²) >= 11 is 0. The lowest BCUT2D eigenvalue weighted by Gasteiger charge is -2.31. The highest BCUT2D eigenvalue weighted by Crippen LogP contribution is 2.22. The molecule has 0 bridgehead atoms. The molecule has 2 aromatic carbocycles. The van der Waals surface area contributed by atoms with Gasteiger partial charge in [-0.05, 0) is 50.4 Å². The Hall–Kier alpha value is -2.75. The Kier molecular flexibility index (Phi) is 7.65. The van der Waals surface area contributed by atoms with Crippen LogP contribution in [-0.2, 0) is 14.8 Å². The molecule has 1 amide bonds. The van der Waals surface area contributed by atoms with Gasteiger partial charge in [-0.15, -0.1) is 0 Å². The number of piperazine rings is 1. The maximum Gasteiger partial charge on any atom is 0.243 e. The third-order valence-corrected chi connectivity index (χ3v) is 7.39. The monoisotopic (exact) mass is 459 g/mol. The van der Waals surface area contributed by atoms with Gasteiger partial charge in [0, 0.05) is 44.7 Å². The molecule has 32 heavy (non-hydrogen) atoms. The summed E-state index contributed by atoms with van der Waals surface area (Å²) in [5.74, 6) is -0.00730. The van der Waals surface area contributed by atoms with Gasteiger partial charge < -0.3 is 15.0 Å². The molecule has 2 aromatic rings. The number of ketones is 1. The smallest absolute Gasteiger partial charge is 0.243 e. The molecule has 1 fully saturated rings. The summed E-state index contributed by atoms with van der Waals surface area (Å²) in [6.45, 7) is 4.19. The molecule has 0 atom stereocenters. The van der Waals surface area contributed by atoms with Crippen molar-refractivity contribution < 1.29 is 22.7 Å². The van der Waals surface area contributed by atoms with Crippen LogP contribution in [0.5, 0.6) is 5.75 Å². The fourth-order valence-corrected chi connectivity index (χ4v) is 4.93. The Bertz CT molecular complexity index is 1080. The van der Waals surface area contributed by atoms with E-state index in [4.69, 9.17) is 4.74 Å². The van der Waals surface area contributed by atoms with E-state index in [0.29, 0.717) is 43.2 Å². The first-order chi connectivity index (χ1) is 15.2. The second kappa shape index (κ2) is 10.2. The highest BCUT2D eigenvalue weighted by molar-refractivity contribution is 7.89. The number of methoxy groups -OCH3 is 1. The maximum atomic E-state index is 12.8. The van der Waals surface area contributed by atoms with Crippen molar-refractivity contribution in [3.63, 3.8) is 0 Å². The summed E-state index contributed by atoms with van der Waals surface area (Å²) in [5.41, 5.74) is 1.87. The molecule has 1 aliphatic heterocycles. The van der Waals surface area contributed by atoms with Crippen LogP contribution in [0.15, 0.2) is 47.4 Å². The van der Waals surface area contributed by atoms with Gasteiger partial charge in [0.05, 0.1) is 17.6 Å². The zero-order valence-electron chi connectivity index (χ0n) is 18.6. The Morgan fingerprint density at radius 1 is 1.00 bits per heavy atom. The number of benzene rings is 2. The molecule has 3 rings (SSSR count). The van der Waals surface area contributed by atoms with Crippen LogP contribution < -0.4 is 10.1 Å². The number of amides is 1. The van der Waals surface area contributed by atoms with Crippen LogP contribution >= 0.6 is 0 Å². The predicted octanol–water partition coefficient (Wildman–Crippen LogP) is 2.54. The van der Waals surface area contributed by atoms with E-state index in [1.807, 2.05) is 20.0 Å². The molecule has 172 valence electrons. The first kappa shape index (κ1) is 23.9. The number of nitrogens with zero attached hydrogens (tertiary/aromatic N) is 2. The molecule has 1 saturated heterocycles. The van der Waals surface area contributed by atoms with Crippen molar-refractivity contribution in [3.8, 4) is 5.75 Å². The van der Waals surface area contributed by atoms with Crippen molar-refractivity contribution >= 4 is 27.4 Å². The van der Waals surface area contributed by atoms with Gasteiger partial charge in [-0.25, -0.2) is 8.42 Å². The Morgan fingerprint density at radius 3 is 2.28 bits per heavy atom. The van der Waals surface area contributed by atoms with Crippen molar-refractivity contribution in [2.24, 2.45) is 0 Å². The minimum absolute atomic E-state index is 0.0112. The van der Waals surface area contributed by atoms with Gasteiger partial charge in [0.25, 0.3) is 0 Å². The molecule has 0 aliphatic carbocycles. The van der Waals surface area contributed by atoms with Crippen LogP contribution in [0.4, 0.5) is 5.69 Å². The largest absolute Gasteiger partial charge is 0.496 e. The van der Waals surface area contributed by atoms with Gasteiger partial charge in [0.1, 0.15) is 5.75 Å². The van der Waals surface area contributed by atoms with Crippen molar-refractivity contribution in [2.75, 3.05) is 45.7 Å². The number of carbonyl (C=O) groups excluding carboxylic acids is 2. The van der Waals surface area contributed by atoms with E-state index in [2.05, 4.69) is 10.2 Å². The van der Waals surface area contributed by atoms with Crippen molar-refractivity contribution in [2.45, 2.75) is 24.7 Å². The van der Waals surface area contributed by atoms with Crippen molar-refractivity contribution in [1.29, 1.82) is 0 Å². The number of carbonyl (C=O) groups is 2. The topological polar surface area (TPSA) is 96.0 Å². The highest BCUT2D eigenvalue weighted by Gasteiger charge is 2.27. The number of aryl methyl sites for hydroxylation is 1. The van der Waals surface area contributed by atoms with E-state index < -0.39 is 10.0 Å². The zero-order chi connectivity index (χ0) is 23.3. The summed E-state index contributed by atoms with van der Waals surface area (Å²) in [7, 11) is -0.0891. The third kappa shape index (κ3) is 5.73. The first-order valence-electron chi connectivity index (χ1n) is 10.5. The van der Waals surface area contributed by atoms with Crippen LogP contribution in [0.2, 0.25) is 0 Å². The van der Waals surface area contributed by atoms with Gasteiger partial charge in [0.15, 0.2) is 5.78 Å². The fraction of sp³-hybridized carbons (Fsp3) is 0.391. The van der Waals surface area contributed by atoms with E-state index in [9.17, 15) is 18.0 Å². The number of Topliss-reactive ketones (excluding diaryl/α,β-unsaturated/α-hetero) is 1. The molecule has 0 radical (unpaired) electrons. The molecule has 8 nitrogen and oxygen atoms in total. The highest BCUT2D eigenvalue weighted by atomic mass is 32.2. The Balaban J connectivity index is 1.57. The number of hydrogen-bond acceptors (Lipinski definition) is 6. The molecule has 1 N–H and O–H groups in total. The van der Waals surface area contributed by atoms with Crippen molar-refractivity contribution in [1.82, 2.24) is 9.21 Å². The second-order valence-corrected chi connectivity index (χ2v) is 9.84. The molecule has 0 spiro atoms. The number of anilines is 1. The van der Waals surface area contributed by atoms with E-state index in [1.165, 1.54) is 23.5 Å². The summed E-state index contributed by atoms with van der Waals surface area (Å²) < 4.78 is 32.3. The molecule has 0 aromatic heterocycles.